The number of benzene rings is 4. The van der Waals surface area contributed by atoms with Gasteiger partial charge in [0.25, 0.3) is 0 Å². The SMILES string of the molecule is O=C(O)c1cccc(-c2ccccc2-c2ccccc2)c1Oc1ccccc1. The van der Waals surface area contributed by atoms with E-state index in [2.05, 4.69) is 0 Å². The first kappa shape index (κ1) is 17.6. The minimum atomic E-state index is -1.02. The van der Waals surface area contributed by atoms with E-state index in [4.69, 9.17) is 4.74 Å². The van der Waals surface area contributed by atoms with Gasteiger partial charge in [-0.25, -0.2) is 4.79 Å². The Bertz CT molecular complexity index is 1100. The lowest BCUT2D eigenvalue weighted by Crippen LogP contribution is -2.02. The molecule has 4 rings (SSSR count). The molecule has 3 nitrogen and oxygen atoms in total. The Morgan fingerprint density at radius 1 is 0.607 bits per heavy atom. The third kappa shape index (κ3) is 3.51. The smallest absolute Gasteiger partial charge is 0.339 e. The van der Waals surface area contributed by atoms with Gasteiger partial charge in [0.15, 0.2) is 0 Å². The summed E-state index contributed by atoms with van der Waals surface area (Å²) in [6.07, 6.45) is 0. The summed E-state index contributed by atoms with van der Waals surface area (Å²) < 4.78 is 6.07. The van der Waals surface area contributed by atoms with Gasteiger partial charge in [0.1, 0.15) is 17.1 Å². The molecular weight excluding hydrogens is 348 g/mol. The predicted octanol–water partition coefficient (Wildman–Crippen LogP) is 6.51. The molecule has 4 aromatic carbocycles. The predicted molar refractivity (Wildman–Crippen MR) is 111 cm³/mol. The minimum absolute atomic E-state index is 0.129. The molecule has 28 heavy (non-hydrogen) atoms. The third-order valence-electron chi connectivity index (χ3n) is 4.51. The number of carbonyl (C=O) groups is 1. The summed E-state index contributed by atoms with van der Waals surface area (Å²) in [5.74, 6) is -0.0933. The molecule has 0 fully saturated rings. The van der Waals surface area contributed by atoms with Crippen LogP contribution in [0, 0.1) is 0 Å². The molecule has 0 unspecified atom stereocenters. The van der Waals surface area contributed by atoms with Gasteiger partial charge in [-0.1, -0.05) is 84.9 Å². The quantitative estimate of drug-likeness (QED) is 0.438. The topological polar surface area (TPSA) is 46.5 Å². The Kier molecular flexibility index (Phi) is 4.89. The molecule has 0 heterocycles. The van der Waals surface area contributed by atoms with Crippen LogP contribution in [0.15, 0.2) is 103 Å². The van der Waals surface area contributed by atoms with Crippen molar-refractivity contribution in [1.82, 2.24) is 0 Å². The highest BCUT2D eigenvalue weighted by atomic mass is 16.5. The van der Waals surface area contributed by atoms with Gasteiger partial charge in [-0.15, -0.1) is 0 Å². The number of carboxylic acids is 1. The maximum atomic E-state index is 11.9. The Morgan fingerprint density at radius 2 is 1.18 bits per heavy atom. The van der Waals surface area contributed by atoms with Crippen molar-refractivity contribution in [2.24, 2.45) is 0 Å². The van der Waals surface area contributed by atoms with E-state index in [0.717, 1.165) is 22.3 Å². The van der Waals surface area contributed by atoms with Gasteiger partial charge in [-0.3, -0.25) is 0 Å². The fourth-order valence-electron chi connectivity index (χ4n) is 3.22. The van der Waals surface area contributed by atoms with Crippen molar-refractivity contribution in [2.45, 2.75) is 0 Å². The molecule has 0 aliphatic heterocycles. The molecule has 0 aromatic heterocycles. The molecule has 0 atom stereocenters. The number of ether oxygens (including phenoxy) is 1. The van der Waals surface area contributed by atoms with Crippen molar-refractivity contribution in [1.29, 1.82) is 0 Å². The summed E-state index contributed by atoms with van der Waals surface area (Å²) in [4.78, 5) is 11.9. The van der Waals surface area contributed by atoms with E-state index in [9.17, 15) is 9.90 Å². The molecule has 1 N–H and O–H groups in total. The van der Waals surface area contributed by atoms with Crippen molar-refractivity contribution in [3.8, 4) is 33.8 Å². The van der Waals surface area contributed by atoms with Crippen molar-refractivity contribution in [3.05, 3.63) is 109 Å². The van der Waals surface area contributed by atoms with Crippen LogP contribution in [-0.2, 0) is 0 Å². The molecule has 0 amide bonds. The first-order valence-electron chi connectivity index (χ1n) is 8.98. The van der Waals surface area contributed by atoms with Crippen LogP contribution >= 0.6 is 0 Å². The van der Waals surface area contributed by atoms with Crippen molar-refractivity contribution in [3.63, 3.8) is 0 Å². The maximum Gasteiger partial charge on any atom is 0.339 e. The summed E-state index contributed by atoms with van der Waals surface area (Å²) in [7, 11) is 0. The highest BCUT2D eigenvalue weighted by Gasteiger charge is 2.19. The molecule has 3 heteroatoms. The average Bonchev–Trinajstić information content (AvgIpc) is 2.75. The number of para-hydroxylation sites is 2. The van der Waals surface area contributed by atoms with E-state index in [0.29, 0.717) is 11.5 Å². The lowest BCUT2D eigenvalue weighted by Gasteiger charge is -2.17. The Labute approximate surface area is 163 Å². The average molecular weight is 366 g/mol. The summed E-state index contributed by atoms with van der Waals surface area (Å²) in [5.41, 5.74) is 3.86. The zero-order valence-electron chi connectivity index (χ0n) is 15.1. The van der Waals surface area contributed by atoms with E-state index in [-0.39, 0.29) is 5.56 Å². The first-order chi connectivity index (χ1) is 13.7. The maximum absolute atomic E-state index is 11.9. The number of hydrogen-bond donors (Lipinski definition) is 1. The Balaban J connectivity index is 1.92. The third-order valence-corrected chi connectivity index (χ3v) is 4.51. The highest BCUT2D eigenvalue weighted by molar-refractivity contribution is 5.96. The highest BCUT2D eigenvalue weighted by Crippen LogP contribution is 2.40. The van der Waals surface area contributed by atoms with Crippen LogP contribution in [0.2, 0.25) is 0 Å². The number of carboxylic acid groups (broad SMARTS) is 1. The fourth-order valence-corrected chi connectivity index (χ4v) is 3.22. The van der Waals surface area contributed by atoms with Gasteiger partial charge >= 0.3 is 5.97 Å². The van der Waals surface area contributed by atoms with Gasteiger partial charge < -0.3 is 9.84 Å². The van der Waals surface area contributed by atoms with Crippen LogP contribution < -0.4 is 4.74 Å². The lowest BCUT2D eigenvalue weighted by molar-refractivity contribution is 0.0694. The van der Waals surface area contributed by atoms with Crippen LogP contribution in [-0.4, -0.2) is 11.1 Å². The number of aromatic carboxylic acids is 1. The molecular formula is C25H18O3. The normalized spacial score (nSPS) is 10.4. The Morgan fingerprint density at radius 3 is 1.86 bits per heavy atom. The zero-order chi connectivity index (χ0) is 19.3. The van der Waals surface area contributed by atoms with Crippen LogP contribution in [0.5, 0.6) is 11.5 Å². The molecule has 0 saturated heterocycles. The van der Waals surface area contributed by atoms with Crippen LogP contribution in [0.3, 0.4) is 0 Å². The van der Waals surface area contributed by atoms with E-state index < -0.39 is 5.97 Å². The van der Waals surface area contributed by atoms with Crippen LogP contribution in [0.1, 0.15) is 10.4 Å². The first-order valence-corrected chi connectivity index (χ1v) is 8.98. The van der Waals surface area contributed by atoms with Crippen LogP contribution in [0.25, 0.3) is 22.3 Å². The summed E-state index contributed by atoms with van der Waals surface area (Å²) in [5, 5.41) is 9.72. The second-order valence-corrected chi connectivity index (χ2v) is 6.31. The Hall–Kier alpha value is -3.85. The summed E-state index contributed by atoms with van der Waals surface area (Å²) in [6.45, 7) is 0. The van der Waals surface area contributed by atoms with Gasteiger partial charge in [-0.05, 0) is 34.9 Å². The monoisotopic (exact) mass is 366 g/mol. The van der Waals surface area contributed by atoms with Crippen molar-refractivity contribution >= 4 is 5.97 Å². The fraction of sp³-hybridized carbons (Fsp3) is 0. The molecule has 0 spiro atoms. The molecule has 0 aliphatic carbocycles. The van der Waals surface area contributed by atoms with E-state index in [1.165, 1.54) is 0 Å². The van der Waals surface area contributed by atoms with E-state index in [1.807, 2.05) is 91.0 Å². The largest absolute Gasteiger partial charge is 0.478 e. The standard InChI is InChI=1S/C25H18O3/c26-25(27)23-17-9-16-22(24(23)28-19-12-5-2-6-13-19)21-15-8-7-14-20(21)18-10-3-1-4-11-18/h1-17H,(H,26,27). The second kappa shape index (κ2) is 7.80. The lowest BCUT2D eigenvalue weighted by atomic mass is 9.93. The number of hydrogen-bond acceptors (Lipinski definition) is 2. The molecule has 0 bridgehead atoms. The molecule has 0 radical (unpaired) electrons. The van der Waals surface area contributed by atoms with E-state index >= 15 is 0 Å². The molecule has 4 aromatic rings. The molecule has 136 valence electrons. The van der Waals surface area contributed by atoms with Crippen molar-refractivity contribution < 1.29 is 14.6 Å². The van der Waals surface area contributed by atoms with Crippen molar-refractivity contribution in [2.75, 3.05) is 0 Å². The molecule has 0 aliphatic rings. The number of rotatable bonds is 5. The van der Waals surface area contributed by atoms with Gasteiger partial charge in [0.2, 0.25) is 0 Å². The minimum Gasteiger partial charge on any atom is -0.478 e. The van der Waals surface area contributed by atoms with Gasteiger partial charge in [0.05, 0.1) is 0 Å². The van der Waals surface area contributed by atoms with Gasteiger partial charge in [0, 0.05) is 5.56 Å². The summed E-state index contributed by atoms with van der Waals surface area (Å²) >= 11 is 0. The van der Waals surface area contributed by atoms with E-state index in [1.54, 1.807) is 12.1 Å². The van der Waals surface area contributed by atoms with Crippen LogP contribution in [0.4, 0.5) is 0 Å². The molecule has 0 saturated carbocycles. The van der Waals surface area contributed by atoms with Gasteiger partial charge in [-0.2, -0.15) is 0 Å². The zero-order valence-corrected chi connectivity index (χ0v) is 15.1. The second-order valence-electron chi connectivity index (χ2n) is 6.31. The summed E-state index contributed by atoms with van der Waals surface area (Å²) in [6, 6.07) is 32.4.